The van der Waals surface area contributed by atoms with Crippen molar-refractivity contribution in [3.05, 3.63) is 77.4 Å². The Hall–Kier alpha value is -3.91. The molecular weight excluding hydrogens is 532 g/mol. The molecule has 0 N–H and O–H groups in total. The number of likely N-dealkylation sites (tertiary alicyclic amines) is 1. The molecule has 2 heterocycles. The van der Waals surface area contributed by atoms with E-state index in [0.29, 0.717) is 43.7 Å². The number of carbonyl (C=O) groups is 3. The summed E-state index contributed by atoms with van der Waals surface area (Å²) in [5, 5.41) is 0. The summed E-state index contributed by atoms with van der Waals surface area (Å²) in [6.45, 7) is 10.3. The minimum atomic E-state index is -0.865. The number of amides is 1. The maximum Gasteiger partial charge on any atom is 0.308 e. The third-order valence-electron chi connectivity index (χ3n) is 9.74. The van der Waals surface area contributed by atoms with E-state index in [1.165, 1.54) is 13.8 Å². The van der Waals surface area contributed by atoms with Crippen LogP contribution in [0.2, 0.25) is 0 Å². The van der Waals surface area contributed by atoms with E-state index < -0.39 is 23.1 Å². The van der Waals surface area contributed by atoms with Crippen LogP contribution in [0, 0.1) is 6.92 Å². The summed E-state index contributed by atoms with van der Waals surface area (Å²) >= 11 is 0. The third kappa shape index (κ3) is 4.18. The van der Waals surface area contributed by atoms with Gasteiger partial charge >= 0.3 is 11.9 Å². The van der Waals surface area contributed by atoms with Gasteiger partial charge in [0.05, 0.1) is 17.5 Å². The van der Waals surface area contributed by atoms with Crippen LogP contribution in [0.4, 0.5) is 0 Å². The van der Waals surface area contributed by atoms with Gasteiger partial charge in [0.2, 0.25) is 5.91 Å². The molecule has 2 fully saturated rings. The van der Waals surface area contributed by atoms with Crippen LogP contribution < -0.4 is 9.47 Å². The van der Waals surface area contributed by atoms with Crippen molar-refractivity contribution in [2.24, 2.45) is 0 Å². The summed E-state index contributed by atoms with van der Waals surface area (Å²) in [4.78, 5) is 42.6. The van der Waals surface area contributed by atoms with Gasteiger partial charge in [0.25, 0.3) is 0 Å². The van der Waals surface area contributed by atoms with Gasteiger partial charge in [0, 0.05) is 45.6 Å². The standard InChI is InChI=1S/C34H38N2O6/c1-6-17-36-18-16-33-30-25-11-12-27(40-22(3)37)31(30)41-32(33)26(14-15-34(33,28(36)20-25)42-23(4)38)35(5)29(39)13-10-24-9-7-8-21(2)19-24/h6-13,19,26,28,32H,1,14-18,20H2,2-5H3/t26-,28+,32-,33-,34+/m0/s1. The molecule has 6 rings (SSSR count). The Morgan fingerprint density at radius 1 is 1.17 bits per heavy atom. The van der Waals surface area contributed by atoms with Crippen LogP contribution >= 0.6 is 0 Å². The number of rotatable bonds is 7. The van der Waals surface area contributed by atoms with Crippen molar-refractivity contribution >= 4 is 23.9 Å². The van der Waals surface area contributed by atoms with Crippen LogP contribution in [-0.2, 0) is 31.0 Å². The number of benzene rings is 2. The predicted molar refractivity (Wildman–Crippen MR) is 158 cm³/mol. The highest BCUT2D eigenvalue weighted by Crippen LogP contribution is 2.67. The van der Waals surface area contributed by atoms with E-state index >= 15 is 0 Å². The van der Waals surface area contributed by atoms with Crippen LogP contribution in [0.15, 0.2) is 55.1 Å². The number of esters is 2. The summed E-state index contributed by atoms with van der Waals surface area (Å²) in [6, 6.07) is 11.4. The van der Waals surface area contributed by atoms with Gasteiger partial charge in [-0.15, -0.1) is 6.58 Å². The van der Waals surface area contributed by atoms with Gasteiger partial charge in [-0.25, -0.2) is 0 Å². The number of ether oxygens (including phenoxy) is 3. The maximum absolute atomic E-state index is 13.6. The number of aryl methyl sites for hydroxylation is 1. The molecule has 1 amide bonds. The molecule has 5 atom stereocenters. The lowest BCUT2D eigenvalue weighted by Gasteiger charge is -2.65. The SMILES string of the molecule is C=CCN1CC[C@]23c4c5ccc(OC(C)=O)c4O[C@H]2[C@@H](N(C)C(=O)C=Cc2cccc(C)c2)CC[C@@]3(OC(C)=O)[C@H]1C5. The molecule has 8 nitrogen and oxygen atoms in total. The highest BCUT2D eigenvalue weighted by Gasteiger charge is 2.75. The second-order valence-electron chi connectivity index (χ2n) is 12.1. The number of nitrogens with zero attached hydrogens (tertiary/aromatic N) is 2. The summed E-state index contributed by atoms with van der Waals surface area (Å²) in [5.74, 6) is -0.0124. The second kappa shape index (κ2) is 10.4. The number of carbonyl (C=O) groups excluding carboxylic acids is 3. The molecule has 42 heavy (non-hydrogen) atoms. The maximum atomic E-state index is 13.6. The summed E-state index contributed by atoms with van der Waals surface area (Å²) in [7, 11) is 1.82. The van der Waals surface area contributed by atoms with E-state index in [1.54, 1.807) is 17.0 Å². The van der Waals surface area contributed by atoms with E-state index in [-0.39, 0.29) is 24.0 Å². The lowest BCUT2D eigenvalue weighted by Crippen LogP contribution is -2.79. The van der Waals surface area contributed by atoms with Crippen molar-refractivity contribution in [3.63, 3.8) is 0 Å². The van der Waals surface area contributed by atoms with Crippen molar-refractivity contribution in [3.8, 4) is 11.5 Å². The first-order chi connectivity index (χ1) is 20.1. The zero-order chi connectivity index (χ0) is 29.8. The molecule has 2 bridgehead atoms. The molecule has 4 aliphatic rings. The fourth-order valence-corrected chi connectivity index (χ4v) is 8.27. The average Bonchev–Trinajstić information content (AvgIpc) is 3.29. The molecular formula is C34H38N2O6. The van der Waals surface area contributed by atoms with Gasteiger partial charge in [0.15, 0.2) is 11.5 Å². The highest BCUT2D eigenvalue weighted by atomic mass is 16.6. The normalized spacial score (nSPS) is 28.9. The Labute approximate surface area is 246 Å². The molecule has 0 aromatic heterocycles. The Morgan fingerprint density at radius 3 is 2.69 bits per heavy atom. The van der Waals surface area contributed by atoms with Gasteiger partial charge in [-0.05, 0) is 55.9 Å². The van der Waals surface area contributed by atoms with Crippen molar-refractivity contribution in [2.75, 3.05) is 20.1 Å². The van der Waals surface area contributed by atoms with Crippen LogP contribution in [0.3, 0.4) is 0 Å². The quantitative estimate of drug-likeness (QED) is 0.212. The molecule has 2 aromatic carbocycles. The second-order valence-corrected chi connectivity index (χ2v) is 12.1. The monoisotopic (exact) mass is 570 g/mol. The Balaban J connectivity index is 1.46. The largest absolute Gasteiger partial charge is 0.483 e. The Kier molecular flexibility index (Phi) is 7.00. The van der Waals surface area contributed by atoms with Crippen molar-refractivity contribution < 1.29 is 28.6 Å². The zero-order valence-corrected chi connectivity index (χ0v) is 24.7. The Morgan fingerprint density at radius 2 is 1.98 bits per heavy atom. The minimum Gasteiger partial charge on any atom is -0.483 e. The fraction of sp³-hybridized carbons (Fsp3) is 0.441. The average molecular weight is 571 g/mol. The first-order valence-electron chi connectivity index (χ1n) is 14.7. The van der Waals surface area contributed by atoms with Gasteiger partial charge < -0.3 is 19.1 Å². The molecule has 220 valence electrons. The predicted octanol–water partition coefficient (Wildman–Crippen LogP) is 4.37. The number of piperidine rings is 1. The third-order valence-corrected chi connectivity index (χ3v) is 9.74. The molecule has 2 aliphatic carbocycles. The molecule has 8 heteroatoms. The van der Waals surface area contributed by atoms with Crippen molar-refractivity contribution in [2.45, 2.75) is 75.7 Å². The van der Waals surface area contributed by atoms with E-state index in [0.717, 1.165) is 28.8 Å². The van der Waals surface area contributed by atoms with Crippen LogP contribution in [0.1, 0.15) is 55.4 Å². The first-order valence-corrected chi connectivity index (χ1v) is 14.7. The number of hydrogen-bond acceptors (Lipinski definition) is 7. The topological polar surface area (TPSA) is 85.4 Å². The van der Waals surface area contributed by atoms with Gasteiger partial charge in [-0.3, -0.25) is 19.3 Å². The molecule has 1 spiro atoms. The van der Waals surface area contributed by atoms with Crippen LogP contribution in [-0.4, -0.2) is 71.6 Å². The van der Waals surface area contributed by atoms with Crippen LogP contribution in [0.25, 0.3) is 6.08 Å². The minimum absolute atomic E-state index is 0.0829. The zero-order valence-electron chi connectivity index (χ0n) is 24.7. The van der Waals surface area contributed by atoms with E-state index in [4.69, 9.17) is 14.2 Å². The van der Waals surface area contributed by atoms with E-state index in [9.17, 15) is 14.4 Å². The van der Waals surface area contributed by atoms with E-state index in [2.05, 4.69) is 11.5 Å². The molecule has 2 aliphatic heterocycles. The number of likely N-dealkylation sites (N-methyl/N-ethyl adjacent to an activating group) is 1. The first kappa shape index (κ1) is 28.2. The smallest absolute Gasteiger partial charge is 0.308 e. The van der Waals surface area contributed by atoms with Crippen LogP contribution in [0.5, 0.6) is 11.5 Å². The molecule has 1 saturated heterocycles. The molecule has 0 unspecified atom stereocenters. The van der Waals surface area contributed by atoms with Crippen molar-refractivity contribution in [1.29, 1.82) is 0 Å². The van der Waals surface area contributed by atoms with Gasteiger partial charge in [0.1, 0.15) is 11.7 Å². The molecule has 2 aromatic rings. The fourth-order valence-electron chi connectivity index (χ4n) is 8.27. The lowest BCUT2D eigenvalue weighted by molar-refractivity contribution is -0.222. The molecule has 1 saturated carbocycles. The Bertz CT molecular complexity index is 1500. The van der Waals surface area contributed by atoms with Gasteiger partial charge in [-0.2, -0.15) is 0 Å². The highest BCUT2D eigenvalue weighted by molar-refractivity contribution is 5.92. The van der Waals surface area contributed by atoms with Crippen molar-refractivity contribution in [1.82, 2.24) is 9.80 Å². The summed E-state index contributed by atoms with van der Waals surface area (Å²) in [5.41, 5.74) is 2.56. The van der Waals surface area contributed by atoms with E-state index in [1.807, 2.05) is 56.5 Å². The summed E-state index contributed by atoms with van der Waals surface area (Å²) in [6.07, 6.45) is 7.33. The lowest BCUT2D eigenvalue weighted by atomic mass is 9.48. The molecule has 0 radical (unpaired) electrons. The number of hydrogen-bond donors (Lipinski definition) is 0. The van der Waals surface area contributed by atoms with Gasteiger partial charge in [-0.1, -0.05) is 42.0 Å². The summed E-state index contributed by atoms with van der Waals surface area (Å²) < 4.78 is 19.0.